The van der Waals surface area contributed by atoms with Crippen molar-refractivity contribution in [2.24, 2.45) is 5.16 Å². The third-order valence-electron chi connectivity index (χ3n) is 1.39. The van der Waals surface area contributed by atoms with Gasteiger partial charge in [-0.15, -0.1) is 0 Å². The zero-order valence-electron chi connectivity index (χ0n) is 6.33. The summed E-state index contributed by atoms with van der Waals surface area (Å²) in [6, 6.07) is 4.08. The minimum Gasteiger partial charge on any atom is -0.410 e. The number of benzene rings is 1. The molecule has 0 fully saturated rings. The highest BCUT2D eigenvalue weighted by Gasteiger charge is 2.09. The summed E-state index contributed by atoms with van der Waals surface area (Å²) in [4.78, 5) is 0. The van der Waals surface area contributed by atoms with E-state index in [9.17, 15) is 8.78 Å². The van der Waals surface area contributed by atoms with Crippen LogP contribution in [0.15, 0.2) is 23.4 Å². The highest BCUT2D eigenvalue weighted by atomic mass is 19.1. The van der Waals surface area contributed by atoms with Crippen LogP contribution in [-0.2, 0) is 0 Å². The van der Waals surface area contributed by atoms with Gasteiger partial charge in [0.15, 0.2) is 5.71 Å². The fourth-order valence-electron chi connectivity index (χ4n) is 0.818. The molecule has 1 rings (SSSR count). The Morgan fingerprint density at radius 3 is 2.62 bits per heavy atom. The van der Waals surface area contributed by atoms with E-state index in [0.717, 1.165) is 12.1 Å². The lowest BCUT2D eigenvalue weighted by molar-refractivity contribution is 0.320. The van der Waals surface area contributed by atoms with Crippen molar-refractivity contribution in [1.82, 2.24) is 0 Å². The number of rotatable bonds is 1. The van der Waals surface area contributed by atoms with E-state index in [-0.39, 0.29) is 5.56 Å². The highest BCUT2D eigenvalue weighted by molar-refractivity contribution is 6.11. The van der Waals surface area contributed by atoms with Crippen LogP contribution in [0.3, 0.4) is 0 Å². The fraction of sp³-hybridized carbons (Fsp3) is 0. The molecule has 0 aromatic heterocycles. The normalized spacial score (nSPS) is 11.0. The average Bonchev–Trinajstić information content (AvgIpc) is 2.10. The Balaban J connectivity index is 3.25. The second-order valence-electron chi connectivity index (χ2n) is 2.18. The topological polar surface area (TPSA) is 56.4 Å². The van der Waals surface area contributed by atoms with E-state index < -0.39 is 17.3 Å². The molecule has 1 aromatic rings. The van der Waals surface area contributed by atoms with Crippen molar-refractivity contribution in [3.63, 3.8) is 0 Å². The van der Waals surface area contributed by atoms with Crippen LogP contribution in [-0.4, -0.2) is 10.9 Å². The number of hydrogen-bond acceptors (Lipinski definition) is 3. The lowest BCUT2D eigenvalue weighted by Gasteiger charge is -1.97. The van der Waals surface area contributed by atoms with Gasteiger partial charge in [-0.05, 0) is 12.1 Å². The van der Waals surface area contributed by atoms with Crippen molar-refractivity contribution in [3.05, 3.63) is 35.4 Å². The lowest BCUT2D eigenvalue weighted by atomic mass is 10.1. The molecule has 3 nitrogen and oxygen atoms in total. The van der Waals surface area contributed by atoms with Crippen molar-refractivity contribution in [1.29, 1.82) is 5.26 Å². The quantitative estimate of drug-likeness (QED) is 0.408. The third kappa shape index (κ3) is 1.79. The molecule has 0 radical (unpaired) electrons. The van der Waals surface area contributed by atoms with Crippen molar-refractivity contribution in [2.75, 3.05) is 0 Å². The molecule has 0 unspecified atom stereocenters. The SMILES string of the molecule is N#C/C(=N/O)c1ccc(F)cc1F. The van der Waals surface area contributed by atoms with Gasteiger partial charge in [-0.3, -0.25) is 0 Å². The maximum atomic E-state index is 12.9. The Hall–Kier alpha value is -1.96. The first-order chi connectivity index (χ1) is 6.19. The summed E-state index contributed by atoms with van der Waals surface area (Å²) >= 11 is 0. The van der Waals surface area contributed by atoms with Gasteiger partial charge in [-0.2, -0.15) is 5.26 Å². The number of nitriles is 1. The minimum atomic E-state index is -0.936. The van der Waals surface area contributed by atoms with Crippen molar-refractivity contribution in [2.45, 2.75) is 0 Å². The molecule has 0 aliphatic heterocycles. The zero-order valence-corrected chi connectivity index (χ0v) is 6.33. The standard InChI is InChI=1S/C8H4F2N2O/c9-5-1-2-6(7(10)3-5)8(4-11)12-13/h1-3,13H/b12-8-. The van der Waals surface area contributed by atoms with Crippen LogP contribution < -0.4 is 0 Å². The molecule has 0 heterocycles. The minimum absolute atomic E-state index is 0.230. The molecule has 0 saturated heterocycles. The van der Waals surface area contributed by atoms with Gasteiger partial charge in [-0.1, -0.05) is 5.16 Å². The molecule has 0 amide bonds. The van der Waals surface area contributed by atoms with Crippen LogP contribution in [0.1, 0.15) is 5.56 Å². The van der Waals surface area contributed by atoms with Crippen LogP contribution in [0.4, 0.5) is 8.78 Å². The monoisotopic (exact) mass is 182 g/mol. The van der Waals surface area contributed by atoms with Crippen LogP contribution in [0.2, 0.25) is 0 Å². The second-order valence-corrected chi connectivity index (χ2v) is 2.18. The molecule has 66 valence electrons. The van der Waals surface area contributed by atoms with E-state index in [2.05, 4.69) is 5.16 Å². The van der Waals surface area contributed by atoms with E-state index in [0.29, 0.717) is 6.07 Å². The predicted molar refractivity (Wildman–Crippen MR) is 40.3 cm³/mol. The first-order valence-electron chi connectivity index (χ1n) is 3.26. The molecule has 0 atom stereocenters. The van der Waals surface area contributed by atoms with Gasteiger partial charge >= 0.3 is 0 Å². The number of oxime groups is 1. The maximum Gasteiger partial charge on any atom is 0.189 e. The summed E-state index contributed by atoms with van der Waals surface area (Å²) < 4.78 is 25.3. The van der Waals surface area contributed by atoms with Gasteiger partial charge in [0.05, 0.1) is 5.56 Å². The largest absolute Gasteiger partial charge is 0.410 e. The smallest absolute Gasteiger partial charge is 0.189 e. The third-order valence-corrected chi connectivity index (χ3v) is 1.39. The van der Waals surface area contributed by atoms with Crippen LogP contribution in [0.5, 0.6) is 0 Å². The Morgan fingerprint density at radius 2 is 2.15 bits per heavy atom. The summed E-state index contributed by atoms with van der Waals surface area (Å²) in [5.74, 6) is -1.69. The van der Waals surface area contributed by atoms with Crippen LogP contribution >= 0.6 is 0 Å². The molecule has 0 aliphatic rings. The van der Waals surface area contributed by atoms with Crippen LogP contribution in [0, 0.1) is 23.0 Å². The van der Waals surface area contributed by atoms with E-state index in [4.69, 9.17) is 10.5 Å². The fourth-order valence-corrected chi connectivity index (χ4v) is 0.818. The predicted octanol–water partition coefficient (Wildman–Crippen LogP) is 1.67. The number of hydrogen-bond donors (Lipinski definition) is 1. The Kier molecular flexibility index (Phi) is 2.55. The second kappa shape index (κ2) is 3.63. The van der Waals surface area contributed by atoms with E-state index in [1.165, 1.54) is 6.07 Å². The molecular weight excluding hydrogens is 178 g/mol. The van der Waals surface area contributed by atoms with Gasteiger partial charge in [0.2, 0.25) is 0 Å². The highest BCUT2D eigenvalue weighted by Crippen LogP contribution is 2.10. The average molecular weight is 182 g/mol. The van der Waals surface area contributed by atoms with Crippen molar-refractivity contribution >= 4 is 5.71 Å². The van der Waals surface area contributed by atoms with Crippen molar-refractivity contribution < 1.29 is 14.0 Å². The summed E-state index contributed by atoms with van der Waals surface area (Å²) in [5.41, 5.74) is -0.719. The first-order valence-corrected chi connectivity index (χ1v) is 3.26. The molecule has 0 spiro atoms. The molecule has 0 aliphatic carbocycles. The van der Waals surface area contributed by atoms with Gasteiger partial charge in [-0.25, -0.2) is 8.78 Å². The zero-order chi connectivity index (χ0) is 9.84. The molecule has 0 saturated carbocycles. The molecule has 0 bridgehead atoms. The van der Waals surface area contributed by atoms with Gasteiger partial charge in [0.1, 0.15) is 17.7 Å². The van der Waals surface area contributed by atoms with E-state index in [1.807, 2.05) is 0 Å². The van der Waals surface area contributed by atoms with E-state index >= 15 is 0 Å². The van der Waals surface area contributed by atoms with E-state index in [1.54, 1.807) is 0 Å². The van der Waals surface area contributed by atoms with Gasteiger partial charge in [0, 0.05) is 6.07 Å². The van der Waals surface area contributed by atoms with Gasteiger partial charge < -0.3 is 5.21 Å². The molecule has 1 N–H and O–H groups in total. The first kappa shape index (κ1) is 9.13. The Morgan fingerprint density at radius 1 is 1.46 bits per heavy atom. The summed E-state index contributed by atoms with van der Waals surface area (Å²) in [5, 5.41) is 19.2. The number of halogens is 2. The summed E-state index contributed by atoms with van der Waals surface area (Å²) in [6.07, 6.45) is 0. The van der Waals surface area contributed by atoms with Crippen molar-refractivity contribution in [3.8, 4) is 6.07 Å². The Labute approximate surface area is 72.5 Å². The molecular formula is C8H4F2N2O. The molecule has 1 aromatic carbocycles. The molecule has 5 heteroatoms. The van der Waals surface area contributed by atoms with Crippen LogP contribution in [0.25, 0.3) is 0 Å². The maximum absolute atomic E-state index is 12.9. The summed E-state index contributed by atoms with van der Waals surface area (Å²) in [6.45, 7) is 0. The number of nitrogens with zero attached hydrogens (tertiary/aromatic N) is 2. The lowest BCUT2D eigenvalue weighted by Crippen LogP contribution is -2.01. The summed E-state index contributed by atoms with van der Waals surface area (Å²) in [7, 11) is 0. The Bertz CT molecular complexity index is 396. The van der Waals surface area contributed by atoms with Gasteiger partial charge in [0.25, 0.3) is 0 Å². The molecule has 13 heavy (non-hydrogen) atoms.